The highest BCUT2D eigenvalue weighted by atomic mass is 16.5. The van der Waals surface area contributed by atoms with E-state index in [1.165, 1.54) is 11.1 Å². The highest BCUT2D eigenvalue weighted by Crippen LogP contribution is 2.31. The number of nitrogens with zero attached hydrogens (tertiary/aromatic N) is 1. The SMILES string of the molecule is CCCC1=NC(C)(c2ccc(C)cc2)CO1. The molecule has 2 heteroatoms. The molecule has 1 unspecified atom stereocenters. The maximum absolute atomic E-state index is 5.64. The van der Waals surface area contributed by atoms with E-state index in [9.17, 15) is 0 Å². The molecule has 0 saturated carbocycles. The third kappa shape index (κ3) is 2.11. The van der Waals surface area contributed by atoms with Gasteiger partial charge in [0.2, 0.25) is 0 Å². The summed E-state index contributed by atoms with van der Waals surface area (Å²) in [6, 6.07) is 8.57. The van der Waals surface area contributed by atoms with Gasteiger partial charge in [-0.3, -0.25) is 0 Å². The molecule has 1 aromatic carbocycles. The molecule has 0 aromatic heterocycles. The van der Waals surface area contributed by atoms with Gasteiger partial charge in [-0.2, -0.15) is 0 Å². The van der Waals surface area contributed by atoms with Gasteiger partial charge in [0, 0.05) is 6.42 Å². The molecule has 0 fully saturated rings. The van der Waals surface area contributed by atoms with Gasteiger partial charge in [0.1, 0.15) is 12.1 Å². The first-order valence-electron chi connectivity index (χ1n) is 5.93. The summed E-state index contributed by atoms with van der Waals surface area (Å²) >= 11 is 0. The zero-order chi connectivity index (χ0) is 11.6. The van der Waals surface area contributed by atoms with Gasteiger partial charge in [-0.15, -0.1) is 0 Å². The predicted molar refractivity (Wildman–Crippen MR) is 66.8 cm³/mol. The normalized spacial score (nSPS) is 24.1. The minimum atomic E-state index is -0.182. The highest BCUT2D eigenvalue weighted by molar-refractivity contribution is 5.78. The van der Waals surface area contributed by atoms with Crippen LogP contribution in [-0.2, 0) is 10.3 Å². The zero-order valence-electron chi connectivity index (χ0n) is 10.3. The first-order valence-corrected chi connectivity index (χ1v) is 5.93. The third-order valence-corrected chi connectivity index (χ3v) is 3.03. The summed E-state index contributed by atoms with van der Waals surface area (Å²) in [4.78, 5) is 4.70. The molecule has 1 heterocycles. The van der Waals surface area contributed by atoms with E-state index >= 15 is 0 Å². The van der Waals surface area contributed by atoms with E-state index in [2.05, 4.69) is 45.0 Å². The largest absolute Gasteiger partial charge is 0.478 e. The van der Waals surface area contributed by atoms with E-state index in [1.807, 2.05) is 0 Å². The molecule has 1 atom stereocenters. The zero-order valence-corrected chi connectivity index (χ0v) is 10.3. The molecular weight excluding hydrogens is 198 g/mol. The Labute approximate surface area is 97.4 Å². The first kappa shape index (κ1) is 11.2. The van der Waals surface area contributed by atoms with E-state index in [0.29, 0.717) is 6.61 Å². The summed E-state index contributed by atoms with van der Waals surface area (Å²) in [5, 5.41) is 0. The molecule has 0 bridgehead atoms. The van der Waals surface area contributed by atoms with Crippen molar-refractivity contribution >= 4 is 5.90 Å². The second-order valence-corrected chi connectivity index (χ2v) is 4.68. The van der Waals surface area contributed by atoms with Crippen molar-refractivity contribution in [2.75, 3.05) is 6.61 Å². The third-order valence-electron chi connectivity index (χ3n) is 3.03. The van der Waals surface area contributed by atoms with Crippen LogP contribution in [0.1, 0.15) is 37.8 Å². The van der Waals surface area contributed by atoms with Crippen LogP contribution in [0.15, 0.2) is 29.3 Å². The Hall–Kier alpha value is -1.31. The van der Waals surface area contributed by atoms with Crippen molar-refractivity contribution in [2.45, 2.75) is 39.2 Å². The quantitative estimate of drug-likeness (QED) is 0.760. The molecule has 86 valence electrons. The van der Waals surface area contributed by atoms with Crippen LogP contribution < -0.4 is 0 Å². The van der Waals surface area contributed by atoms with E-state index in [1.54, 1.807) is 0 Å². The summed E-state index contributed by atoms with van der Waals surface area (Å²) in [5.74, 6) is 0.908. The van der Waals surface area contributed by atoms with E-state index in [0.717, 1.165) is 18.7 Å². The molecule has 0 amide bonds. The molecule has 1 aliphatic rings. The molecule has 1 aliphatic heterocycles. The fourth-order valence-electron chi connectivity index (χ4n) is 1.97. The Morgan fingerprint density at radius 3 is 2.62 bits per heavy atom. The molecule has 2 rings (SSSR count). The molecule has 0 aliphatic carbocycles. The van der Waals surface area contributed by atoms with Gasteiger partial charge in [-0.1, -0.05) is 36.8 Å². The second-order valence-electron chi connectivity index (χ2n) is 4.68. The molecule has 2 nitrogen and oxygen atoms in total. The van der Waals surface area contributed by atoms with Crippen molar-refractivity contribution in [3.63, 3.8) is 0 Å². The Morgan fingerprint density at radius 2 is 2.00 bits per heavy atom. The fraction of sp³-hybridized carbons (Fsp3) is 0.500. The van der Waals surface area contributed by atoms with Crippen molar-refractivity contribution in [2.24, 2.45) is 4.99 Å². The van der Waals surface area contributed by atoms with Crippen molar-refractivity contribution in [3.8, 4) is 0 Å². The summed E-state index contributed by atoms with van der Waals surface area (Å²) in [5.41, 5.74) is 2.34. The number of aryl methyl sites for hydroxylation is 1. The van der Waals surface area contributed by atoms with Crippen LogP contribution >= 0.6 is 0 Å². The number of ether oxygens (including phenoxy) is 1. The van der Waals surface area contributed by atoms with Crippen LogP contribution in [0.4, 0.5) is 0 Å². The van der Waals surface area contributed by atoms with Gasteiger partial charge >= 0.3 is 0 Å². The summed E-state index contributed by atoms with van der Waals surface area (Å²) < 4.78 is 5.64. The molecule has 0 radical (unpaired) electrons. The van der Waals surface area contributed by atoms with Crippen LogP contribution in [-0.4, -0.2) is 12.5 Å². The van der Waals surface area contributed by atoms with Gasteiger partial charge < -0.3 is 4.74 Å². The summed E-state index contributed by atoms with van der Waals surface area (Å²) in [6.45, 7) is 7.06. The van der Waals surface area contributed by atoms with Crippen molar-refractivity contribution in [1.29, 1.82) is 0 Å². The lowest BCUT2D eigenvalue weighted by Gasteiger charge is -2.18. The standard InChI is InChI=1S/C14H19NO/c1-4-5-13-15-14(3,10-16-13)12-8-6-11(2)7-9-12/h6-9H,4-5,10H2,1-3H3. The lowest BCUT2D eigenvalue weighted by Crippen LogP contribution is -2.20. The highest BCUT2D eigenvalue weighted by Gasteiger charge is 2.32. The van der Waals surface area contributed by atoms with Gasteiger partial charge in [-0.25, -0.2) is 4.99 Å². The van der Waals surface area contributed by atoms with Gasteiger partial charge in [0.15, 0.2) is 5.90 Å². The molecule has 0 spiro atoms. The van der Waals surface area contributed by atoms with Crippen LogP contribution in [0, 0.1) is 6.92 Å². The summed E-state index contributed by atoms with van der Waals surface area (Å²) in [7, 11) is 0. The minimum Gasteiger partial charge on any atom is -0.478 e. The predicted octanol–water partition coefficient (Wildman–Crippen LogP) is 3.44. The lowest BCUT2D eigenvalue weighted by molar-refractivity contribution is 0.264. The smallest absolute Gasteiger partial charge is 0.184 e. The molecular formula is C14H19NO. The average Bonchev–Trinajstić information content (AvgIpc) is 2.63. The van der Waals surface area contributed by atoms with Crippen LogP contribution in [0.2, 0.25) is 0 Å². The van der Waals surface area contributed by atoms with Crippen LogP contribution in [0.3, 0.4) is 0 Å². The Balaban J connectivity index is 2.23. The monoisotopic (exact) mass is 217 g/mol. The first-order chi connectivity index (χ1) is 7.64. The second kappa shape index (κ2) is 4.28. The topological polar surface area (TPSA) is 21.6 Å². The minimum absolute atomic E-state index is 0.182. The van der Waals surface area contributed by atoms with Gasteiger partial charge in [0.25, 0.3) is 0 Å². The number of aliphatic imine (C=N–C) groups is 1. The van der Waals surface area contributed by atoms with Crippen molar-refractivity contribution < 1.29 is 4.74 Å². The van der Waals surface area contributed by atoms with Gasteiger partial charge in [0.05, 0.1) is 0 Å². The maximum atomic E-state index is 5.64. The number of hydrogen-bond acceptors (Lipinski definition) is 2. The summed E-state index contributed by atoms with van der Waals surface area (Å²) in [6.07, 6.45) is 2.03. The average molecular weight is 217 g/mol. The Kier molecular flexibility index (Phi) is 2.99. The lowest BCUT2D eigenvalue weighted by atomic mass is 9.93. The van der Waals surface area contributed by atoms with Crippen LogP contribution in [0.5, 0.6) is 0 Å². The number of hydrogen-bond donors (Lipinski definition) is 0. The van der Waals surface area contributed by atoms with E-state index in [4.69, 9.17) is 9.73 Å². The number of rotatable bonds is 3. The van der Waals surface area contributed by atoms with Crippen LogP contribution in [0.25, 0.3) is 0 Å². The van der Waals surface area contributed by atoms with Gasteiger partial charge in [-0.05, 0) is 25.8 Å². The Morgan fingerprint density at radius 1 is 1.31 bits per heavy atom. The van der Waals surface area contributed by atoms with E-state index < -0.39 is 0 Å². The molecule has 0 saturated heterocycles. The number of benzene rings is 1. The van der Waals surface area contributed by atoms with Crippen molar-refractivity contribution in [3.05, 3.63) is 35.4 Å². The fourth-order valence-corrected chi connectivity index (χ4v) is 1.97. The Bertz CT molecular complexity index is 394. The van der Waals surface area contributed by atoms with E-state index in [-0.39, 0.29) is 5.54 Å². The maximum Gasteiger partial charge on any atom is 0.184 e. The molecule has 1 aromatic rings. The molecule has 16 heavy (non-hydrogen) atoms. The molecule has 0 N–H and O–H groups in total. The van der Waals surface area contributed by atoms with Crippen molar-refractivity contribution in [1.82, 2.24) is 0 Å².